The summed E-state index contributed by atoms with van der Waals surface area (Å²) in [5.41, 5.74) is 2.76. The topological polar surface area (TPSA) is 60.4 Å². The second-order valence-corrected chi connectivity index (χ2v) is 5.97. The molecule has 0 spiro atoms. The molecule has 0 N–H and O–H groups in total. The van der Waals surface area contributed by atoms with E-state index < -0.39 is 0 Å². The molecule has 3 rings (SSSR count). The van der Waals surface area contributed by atoms with Crippen molar-refractivity contribution in [3.8, 4) is 17.2 Å². The van der Waals surface area contributed by atoms with E-state index in [2.05, 4.69) is 5.10 Å². The zero-order chi connectivity index (χ0) is 18.7. The lowest BCUT2D eigenvalue weighted by Crippen LogP contribution is -2.24. The molecule has 136 valence electrons. The first-order valence-electron chi connectivity index (χ1n) is 8.31. The van der Waals surface area contributed by atoms with Crippen molar-refractivity contribution in [2.75, 3.05) is 21.3 Å². The lowest BCUT2D eigenvalue weighted by molar-refractivity contribution is -0.130. The Hall–Kier alpha value is -3.02. The number of carbonyl (C=O) groups excluding carboxylic acids is 1. The van der Waals surface area contributed by atoms with Crippen molar-refractivity contribution < 1.29 is 19.0 Å². The summed E-state index contributed by atoms with van der Waals surface area (Å²) in [6.07, 6.45) is 0.626. The van der Waals surface area contributed by atoms with Gasteiger partial charge in [-0.3, -0.25) is 4.79 Å². The average molecular weight is 354 g/mol. The van der Waals surface area contributed by atoms with Crippen LogP contribution in [-0.4, -0.2) is 38.0 Å². The van der Waals surface area contributed by atoms with Crippen molar-refractivity contribution in [1.29, 1.82) is 0 Å². The zero-order valence-electron chi connectivity index (χ0n) is 15.4. The van der Waals surface area contributed by atoms with Crippen LogP contribution in [0.2, 0.25) is 0 Å². The fourth-order valence-electron chi connectivity index (χ4n) is 3.08. The van der Waals surface area contributed by atoms with Gasteiger partial charge in [-0.05, 0) is 35.9 Å². The molecule has 0 saturated heterocycles. The van der Waals surface area contributed by atoms with Crippen molar-refractivity contribution in [2.45, 2.75) is 19.4 Å². The number of rotatable bonds is 5. The molecule has 6 nitrogen and oxygen atoms in total. The highest BCUT2D eigenvalue weighted by atomic mass is 16.5. The van der Waals surface area contributed by atoms with Crippen molar-refractivity contribution in [1.82, 2.24) is 5.01 Å². The van der Waals surface area contributed by atoms with Crippen LogP contribution in [-0.2, 0) is 4.79 Å². The van der Waals surface area contributed by atoms with Crippen LogP contribution < -0.4 is 14.2 Å². The molecule has 0 saturated carbocycles. The molecule has 0 aromatic heterocycles. The molecule has 0 fully saturated rings. The predicted molar refractivity (Wildman–Crippen MR) is 99.0 cm³/mol. The summed E-state index contributed by atoms with van der Waals surface area (Å²) >= 11 is 0. The number of ether oxygens (including phenoxy) is 3. The quantitative estimate of drug-likeness (QED) is 0.826. The van der Waals surface area contributed by atoms with E-state index >= 15 is 0 Å². The molecular weight excluding hydrogens is 332 g/mol. The van der Waals surface area contributed by atoms with Gasteiger partial charge in [-0.1, -0.05) is 12.1 Å². The van der Waals surface area contributed by atoms with Crippen LogP contribution in [0.1, 0.15) is 30.5 Å². The van der Waals surface area contributed by atoms with E-state index in [0.717, 1.165) is 22.6 Å². The number of hydrogen-bond acceptors (Lipinski definition) is 5. The second-order valence-electron chi connectivity index (χ2n) is 5.97. The molecule has 1 aliphatic rings. The fraction of sp³-hybridized carbons (Fsp3) is 0.300. The Labute approximate surface area is 153 Å². The highest BCUT2D eigenvalue weighted by Gasteiger charge is 2.31. The molecular formula is C20H22N2O4. The largest absolute Gasteiger partial charge is 0.497 e. The van der Waals surface area contributed by atoms with Gasteiger partial charge in [0.05, 0.1) is 33.1 Å². The third-order valence-electron chi connectivity index (χ3n) is 4.45. The van der Waals surface area contributed by atoms with Crippen molar-refractivity contribution in [2.24, 2.45) is 5.10 Å². The van der Waals surface area contributed by atoms with E-state index in [4.69, 9.17) is 14.2 Å². The molecule has 0 bridgehead atoms. The lowest BCUT2D eigenvalue weighted by atomic mass is 9.98. The van der Waals surface area contributed by atoms with E-state index in [-0.39, 0.29) is 11.9 Å². The Balaban J connectivity index is 1.92. The van der Waals surface area contributed by atoms with Crippen LogP contribution in [0.3, 0.4) is 0 Å². The van der Waals surface area contributed by atoms with Gasteiger partial charge in [0.25, 0.3) is 0 Å². The van der Waals surface area contributed by atoms with Gasteiger partial charge in [0.1, 0.15) is 5.75 Å². The monoisotopic (exact) mass is 354 g/mol. The molecule has 0 radical (unpaired) electrons. The van der Waals surface area contributed by atoms with Gasteiger partial charge < -0.3 is 14.2 Å². The van der Waals surface area contributed by atoms with Gasteiger partial charge in [-0.15, -0.1) is 0 Å². The smallest absolute Gasteiger partial charge is 0.240 e. The third kappa shape index (κ3) is 3.35. The van der Waals surface area contributed by atoms with Crippen molar-refractivity contribution in [3.63, 3.8) is 0 Å². The molecule has 1 atom stereocenters. The first-order chi connectivity index (χ1) is 12.6. The number of methoxy groups -OCH3 is 3. The molecule has 2 aromatic carbocycles. The maximum atomic E-state index is 12.1. The van der Waals surface area contributed by atoms with Crippen LogP contribution in [0.25, 0.3) is 0 Å². The van der Waals surface area contributed by atoms with E-state index in [1.165, 1.54) is 11.9 Å². The predicted octanol–water partition coefficient (Wildman–Crippen LogP) is 3.41. The van der Waals surface area contributed by atoms with E-state index in [1.54, 1.807) is 21.3 Å². The standard InChI is InChI=1S/C20H22N2O4/c1-13(23)22-18(14-5-8-16(24-2)9-6-14)12-17(21-22)15-7-10-19(25-3)20(11-15)26-4/h5-11,18H,12H2,1-4H3/t18-/m1/s1. The van der Waals surface area contributed by atoms with Crippen LogP contribution >= 0.6 is 0 Å². The molecule has 26 heavy (non-hydrogen) atoms. The van der Waals surface area contributed by atoms with E-state index in [0.29, 0.717) is 17.9 Å². The Kier molecular flexibility index (Phi) is 5.11. The van der Waals surface area contributed by atoms with Gasteiger partial charge in [0.2, 0.25) is 5.91 Å². The maximum Gasteiger partial charge on any atom is 0.240 e. The molecule has 2 aromatic rings. The first kappa shape index (κ1) is 17.8. The maximum absolute atomic E-state index is 12.1. The van der Waals surface area contributed by atoms with Crippen LogP contribution in [0.4, 0.5) is 0 Å². The van der Waals surface area contributed by atoms with Crippen molar-refractivity contribution >= 4 is 11.6 Å². The van der Waals surface area contributed by atoms with E-state index in [9.17, 15) is 4.79 Å². The average Bonchev–Trinajstić information content (AvgIpc) is 3.13. The Morgan fingerprint density at radius 1 is 1.00 bits per heavy atom. The van der Waals surface area contributed by atoms with Gasteiger partial charge in [0.15, 0.2) is 11.5 Å². The summed E-state index contributed by atoms with van der Waals surface area (Å²) in [4.78, 5) is 12.1. The van der Waals surface area contributed by atoms with Crippen LogP contribution in [0.15, 0.2) is 47.6 Å². The van der Waals surface area contributed by atoms with Crippen LogP contribution in [0, 0.1) is 0 Å². The minimum Gasteiger partial charge on any atom is -0.497 e. The molecule has 1 aliphatic heterocycles. The molecule has 1 amide bonds. The zero-order valence-corrected chi connectivity index (χ0v) is 15.4. The first-order valence-corrected chi connectivity index (χ1v) is 8.31. The SMILES string of the molecule is COc1ccc([C@H]2CC(c3ccc(OC)c(OC)c3)=NN2C(C)=O)cc1. The summed E-state index contributed by atoms with van der Waals surface area (Å²) in [5.74, 6) is 1.98. The molecule has 6 heteroatoms. The Morgan fingerprint density at radius 2 is 1.69 bits per heavy atom. The molecule has 0 aliphatic carbocycles. The summed E-state index contributed by atoms with van der Waals surface area (Å²) in [7, 11) is 4.83. The summed E-state index contributed by atoms with van der Waals surface area (Å²) in [6.45, 7) is 1.53. The summed E-state index contributed by atoms with van der Waals surface area (Å²) in [5, 5.41) is 6.10. The lowest BCUT2D eigenvalue weighted by Gasteiger charge is -2.20. The van der Waals surface area contributed by atoms with Crippen molar-refractivity contribution in [3.05, 3.63) is 53.6 Å². The molecule has 1 heterocycles. The number of hydrazone groups is 1. The Bertz CT molecular complexity index is 830. The Morgan fingerprint density at radius 3 is 2.27 bits per heavy atom. The third-order valence-corrected chi connectivity index (χ3v) is 4.45. The number of amides is 1. The van der Waals surface area contributed by atoms with Gasteiger partial charge >= 0.3 is 0 Å². The van der Waals surface area contributed by atoms with Gasteiger partial charge in [-0.2, -0.15) is 5.10 Å². The fourth-order valence-corrected chi connectivity index (χ4v) is 3.08. The number of nitrogens with zero attached hydrogens (tertiary/aromatic N) is 2. The highest BCUT2D eigenvalue weighted by Crippen LogP contribution is 2.35. The normalized spacial score (nSPS) is 16.2. The van der Waals surface area contributed by atoms with Gasteiger partial charge in [-0.25, -0.2) is 5.01 Å². The van der Waals surface area contributed by atoms with Gasteiger partial charge in [0, 0.05) is 18.9 Å². The summed E-state index contributed by atoms with van der Waals surface area (Å²) in [6, 6.07) is 13.2. The number of hydrogen-bond donors (Lipinski definition) is 0. The number of benzene rings is 2. The minimum absolute atomic E-state index is 0.0960. The molecule has 0 unspecified atom stereocenters. The minimum atomic E-state index is -0.137. The highest BCUT2D eigenvalue weighted by molar-refractivity contribution is 6.03. The van der Waals surface area contributed by atoms with Crippen LogP contribution in [0.5, 0.6) is 17.2 Å². The van der Waals surface area contributed by atoms with E-state index in [1.807, 2.05) is 42.5 Å². The summed E-state index contributed by atoms with van der Waals surface area (Å²) < 4.78 is 15.9. The number of carbonyl (C=O) groups is 1. The second kappa shape index (κ2) is 7.47.